The third kappa shape index (κ3) is 4.40. The summed E-state index contributed by atoms with van der Waals surface area (Å²) >= 11 is 5.73. The minimum atomic E-state index is -2.23. The van der Waals surface area contributed by atoms with E-state index in [9.17, 15) is 27.6 Å². The molecule has 1 aliphatic rings. The molecule has 1 aromatic heterocycles. The van der Waals surface area contributed by atoms with Gasteiger partial charge in [-0.2, -0.15) is 0 Å². The van der Waals surface area contributed by atoms with Crippen LogP contribution in [0.4, 0.5) is 13.2 Å². The third-order valence-electron chi connectivity index (χ3n) is 5.90. The molecule has 1 aliphatic heterocycles. The van der Waals surface area contributed by atoms with Crippen molar-refractivity contribution in [3.05, 3.63) is 70.6 Å². The van der Waals surface area contributed by atoms with E-state index in [1.165, 1.54) is 35.9 Å². The Balaban J connectivity index is 1.54. The smallest absolute Gasteiger partial charge is 0.246 e. The lowest BCUT2D eigenvalue weighted by atomic mass is 10.1. The topological polar surface area (TPSA) is 71.4 Å². The number of rotatable bonds is 6. The lowest BCUT2D eigenvalue weighted by Gasteiger charge is -2.24. The molecular weight excluding hydrogens is 471 g/mol. The Morgan fingerprint density at radius 2 is 1.85 bits per heavy atom. The molecule has 1 saturated heterocycles. The Morgan fingerprint density at radius 1 is 1.12 bits per heavy atom. The van der Waals surface area contributed by atoms with Crippen LogP contribution in [0.5, 0.6) is 0 Å². The number of fused-ring (bicyclic) bond motifs is 1. The maximum absolute atomic E-state index is 14.6. The molecular formula is C24H21ClF3N3O3. The van der Waals surface area contributed by atoms with E-state index in [0.717, 1.165) is 4.90 Å². The summed E-state index contributed by atoms with van der Waals surface area (Å²) in [4.78, 5) is 38.6. The summed E-state index contributed by atoms with van der Waals surface area (Å²) in [5.74, 6) is -2.55. The quantitative estimate of drug-likeness (QED) is 0.533. The summed E-state index contributed by atoms with van der Waals surface area (Å²) < 4.78 is 44.5. The second-order valence-electron chi connectivity index (χ2n) is 8.13. The summed E-state index contributed by atoms with van der Waals surface area (Å²) in [6.45, 7) is 0.179. The van der Waals surface area contributed by atoms with Gasteiger partial charge in [0.25, 0.3) is 0 Å². The van der Waals surface area contributed by atoms with Gasteiger partial charge >= 0.3 is 0 Å². The number of hydrogen-bond acceptors (Lipinski definition) is 3. The van der Waals surface area contributed by atoms with Gasteiger partial charge in [-0.05, 0) is 19.1 Å². The first-order chi connectivity index (χ1) is 16.2. The van der Waals surface area contributed by atoms with E-state index >= 15 is 0 Å². The zero-order valence-electron chi connectivity index (χ0n) is 18.1. The van der Waals surface area contributed by atoms with Gasteiger partial charge in [0.15, 0.2) is 18.1 Å². The minimum absolute atomic E-state index is 0.0690. The molecule has 2 amide bonds. The number of ketones is 1. The van der Waals surface area contributed by atoms with E-state index in [4.69, 9.17) is 11.6 Å². The average Bonchev–Trinajstić information content (AvgIpc) is 3.32. The minimum Gasteiger partial charge on any atom is -0.350 e. The van der Waals surface area contributed by atoms with E-state index in [0.29, 0.717) is 16.5 Å². The highest BCUT2D eigenvalue weighted by molar-refractivity contribution is 6.30. The number of likely N-dealkylation sites (tertiary alicyclic amines) is 1. The number of Topliss-reactive ketones (excluding diaryl/α,β-unsaturated/α-hetero) is 1. The fourth-order valence-corrected chi connectivity index (χ4v) is 4.38. The molecule has 3 aromatic rings. The molecule has 2 heterocycles. The lowest BCUT2D eigenvalue weighted by molar-refractivity contribution is -0.140. The van der Waals surface area contributed by atoms with E-state index in [1.807, 2.05) is 0 Å². The summed E-state index contributed by atoms with van der Waals surface area (Å²) in [5, 5.41) is 2.88. The Bertz CT molecular complexity index is 1280. The van der Waals surface area contributed by atoms with Crippen LogP contribution >= 0.6 is 11.6 Å². The lowest BCUT2D eigenvalue weighted by Crippen LogP contribution is -2.50. The number of hydrogen-bond donors (Lipinski definition) is 1. The summed E-state index contributed by atoms with van der Waals surface area (Å²) in [6.07, 6.45) is -2.77. The number of aromatic nitrogens is 1. The van der Waals surface area contributed by atoms with Crippen LogP contribution in [0.2, 0.25) is 5.02 Å². The Kier molecular flexibility index (Phi) is 6.65. The summed E-state index contributed by atoms with van der Waals surface area (Å²) in [7, 11) is 0. The number of nitrogens with one attached hydrogen (secondary N) is 1. The van der Waals surface area contributed by atoms with E-state index in [1.54, 1.807) is 24.3 Å². The Hall–Kier alpha value is -3.33. The van der Waals surface area contributed by atoms with Crippen molar-refractivity contribution >= 4 is 40.1 Å². The number of alkyl halides is 2. The second-order valence-corrected chi connectivity index (χ2v) is 8.53. The number of nitrogens with zero attached hydrogens (tertiary/aromatic N) is 2. The molecule has 0 aliphatic carbocycles. The van der Waals surface area contributed by atoms with Crippen molar-refractivity contribution in [3.63, 3.8) is 0 Å². The molecule has 4 rings (SSSR count). The van der Waals surface area contributed by atoms with Gasteiger partial charge in [0.05, 0.1) is 11.6 Å². The molecule has 0 radical (unpaired) electrons. The Morgan fingerprint density at radius 3 is 2.59 bits per heavy atom. The molecule has 6 nitrogen and oxygen atoms in total. The van der Waals surface area contributed by atoms with Gasteiger partial charge in [-0.15, -0.1) is 0 Å². The van der Waals surface area contributed by atoms with Crippen molar-refractivity contribution < 1.29 is 27.6 Å². The average molecular weight is 492 g/mol. The maximum atomic E-state index is 14.6. The number of carbonyl (C=O) groups excluding carboxylic acids is 3. The monoisotopic (exact) mass is 491 g/mol. The van der Waals surface area contributed by atoms with Crippen LogP contribution in [0.3, 0.4) is 0 Å². The van der Waals surface area contributed by atoms with Gasteiger partial charge in [0, 0.05) is 34.8 Å². The molecule has 0 saturated carbocycles. The zero-order valence-corrected chi connectivity index (χ0v) is 18.9. The van der Waals surface area contributed by atoms with Crippen molar-refractivity contribution in [1.82, 2.24) is 14.8 Å². The maximum Gasteiger partial charge on any atom is 0.246 e. The normalized spacial score (nSPS) is 20.0. The number of para-hydroxylation sites is 1. The van der Waals surface area contributed by atoms with Crippen molar-refractivity contribution in [2.75, 3.05) is 6.54 Å². The number of benzene rings is 2. The van der Waals surface area contributed by atoms with E-state index < -0.39 is 42.6 Å². The van der Waals surface area contributed by atoms with Crippen LogP contribution in [0, 0.1) is 5.82 Å². The SMILES string of the molecule is CC(=O)c1cn(CC(=O)N2C[C@H](F)[C@@H](F)[C@H]2C(=O)NCc2cccc(Cl)c2F)c2ccccc12. The Labute approximate surface area is 198 Å². The fourth-order valence-electron chi connectivity index (χ4n) is 4.18. The molecule has 2 aromatic carbocycles. The second kappa shape index (κ2) is 9.50. The fraction of sp³-hybridized carbons (Fsp3) is 0.292. The van der Waals surface area contributed by atoms with E-state index in [2.05, 4.69) is 5.32 Å². The van der Waals surface area contributed by atoms with Gasteiger partial charge in [-0.3, -0.25) is 14.4 Å². The van der Waals surface area contributed by atoms with Gasteiger partial charge in [-0.25, -0.2) is 13.2 Å². The molecule has 10 heteroatoms. The largest absolute Gasteiger partial charge is 0.350 e. The predicted molar refractivity (Wildman–Crippen MR) is 120 cm³/mol. The number of halogens is 4. The summed E-state index contributed by atoms with van der Waals surface area (Å²) in [6, 6.07) is 9.47. The highest BCUT2D eigenvalue weighted by atomic mass is 35.5. The highest BCUT2D eigenvalue weighted by Crippen LogP contribution is 2.27. The van der Waals surface area contributed by atoms with Crippen LogP contribution < -0.4 is 5.32 Å². The van der Waals surface area contributed by atoms with Gasteiger partial charge in [0.2, 0.25) is 11.8 Å². The summed E-state index contributed by atoms with van der Waals surface area (Å²) in [5.41, 5.74) is 1.08. The van der Waals surface area contributed by atoms with Gasteiger partial charge < -0.3 is 14.8 Å². The molecule has 178 valence electrons. The number of carbonyl (C=O) groups is 3. The van der Waals surface area contributed by atoms with E-state index in [-0.39, 0.29) is 29.5 Å². The standard InChI is InChI=1S/C24H21ClF3N3O3/c1-13(32)16-10-30(19-8-3-2-6-15(16)19)12-20(33)31-11-18(26)22(28)23(31)24(34)29-9-14-5-4-7-17(25)21(14)27/h2-8,10,18,22-23H,9,11-12H2,1H3,(H,29,34)/t18-,22+,23-/m0/s1. The predicted octanol–water partition coefficient (Wildman–Crippen LogP) is 3.84. The zero-order chi connectivity index (χ0) is 24.6. The molecule has 0 bridgehead atoms. The first kappa shape index (κ1) is 23.8. The molecule has 0 unspecified atom stereocenters. The van der Waals surface area contributed by atoms with Crippen molar-refractivity contribution in [2.24, 2.45) is 0 Å². The molecule has 34 heavy (non-hydrogen) atoms. The van der Waals surface area contributed by atoms with Crippen LogP contribution in [-0.2, 0) is 22.7 Å². The molecule has 1 fully saturated rings. The van der Waals surface area contributed by atoms with Crippen molar-refractivity contribution in [1.29, 1.82) is 0 Å². The van der Waals surface area contributed by atoms with Gasteiger partial charge in [-0.1, -0.05) is 41.9 Å². The third-order valence-corrected chi connectivity index (χ3v) is 6.19. The van der Waals surface area contributed by atoms with Crippen molar-refractivity contribution in [2.45, 2.75) is 38.4 Å². The molecule has 0 spiro atoms. The first-order valence-electron chi connectivity index (χ1n) is 10.6. The van der Waals surface area contributed by atoms with Crippen LogP contribution in [0.15, 0.2) is 48.7 Å². The number of amides is 2. The van der Waals surface area contributed by atoms with Crippen LogP contribution in [0.25, 0.3) is 10.9 Å². The highest BCUT2D eigenvalue weighted by Gasteiger charge is 2.48. The van der Waals surface area contributed by atoms with Crippen LogP contribution in [0.1, 0.15) is 22.8 Å². The molecule has 3 atom stereocenters. The van der Waals surface area contributed by atoms with Crippen molar-refractivity contribution in [3.8, 4) is 0 Å². The first-order valence-corrected chi connectivity index (χ1v) is 10.9. The van der Waals surface area contributed by atoms with Gasteiger partial charge in [0.1, 0.15) is 18.4 Å². The molecule has 1 N–H and O–H groups in total. The van der Waals surface area contributed by atoms with Crippen LogP contribution in [-0.4, -0.2) is 52.0 Å².